The van der Waals surface area contributed by atoms with E-state index in [0.717, 1.165) is 0 Å². The lowest BCUT2D eigenvalue weighted by Crippen LogP contribution is -2.34. The van der Waals surface area contributed by atoms with E-state index in [1.54, 1.807) is 0 Å². The summed E-state index contributed by atoms with van der Waals surface area (Å²) in [6.07, 6.45) is 1.88. The molecule has 3 heteroatoms. The Bertz CT molecular complexity index is 124. The first kappa shape index (κ1) is 10.4. The average molecular weight is 189 g/mol. The summed E-state index contributed by atoms with van der Waals surface area (Å²) in [7, 11) is 0. The third kappa shape index (κ3) is 2.96. The van der Waals surface area contributed by atoms with Crippen LogP contribution in [0.1, 0.15) is 20.3 Å². The molecule has 1 rings (SSSR count). The number of hydrogen-bond donors (Lipinski definition) is 1. The lowest BCUT2D eigenvalue weighted by atomic mass is 10.0. The Morgan fingerprint density at radius 3 is 2.75 bits per heavy atom. The van der Waals surface area contributed by atoms with Crippen LogP contribution in [0.25, 0.3) is 0 Å². The summed E-state index contributed by atoms with van der Waals surface area (Å²) in [6.45, 7) is 4.82. The highest BCUT2D eigenvalue weighted by Crippen LogP contribution is 2.27. The van der Waals surface area contributed by atoms with Crippen LogP contribution in [-0.2, 0) is 4.74 Å². The van der Waals surface area contributed by atoms with Crippen molar-refractivity contribution in [1.29, 1.82) is 0 Å². The maximum Gasteiger partial charge on any atom is 0.0737 e. The Kier molecular flexibility index (Phi) is 4.40. The minimum absolute atomic E-state index is 0.292. The molecule has 1 saturated heterocycles. The largest absolute Gasteiger partial charge is 0.374 e. The summed E-state index contributed by atoms with van der Waals surface area (Å²) >= 11 is 2.02. The maximum atomic E-state index is 5.75. The predicted molar refractivity (Wildman–Crippen MR) is 54.5 cm³/mol. The number of rotatable bonds is 4. The minimum atomic E-state index is 0.292. The molecule has 0 bridgehead atoms. The third-order valence-corrected chi connectivity index (χ3v) is 3.36. The van der Waals surface area contributed by atoms with Crippen LogP contribution in [0.15, 0.2) is 0 Å². The molecular weight excluding hydrogens is 170 g/mol. The quantitative estimate of drug-likeness (QED) is 0.728. The molecule has 12 heavy (non-hydrogen) atoms. The van der Waals surface area contributed by atoms with Gasteiger partial charge in [0, 0.05) is 6.54 Å². The normalized spacial score (nSPS) is 26.5. The number of nitrogens with two attached hydrogens (primary N) is 1. The second-order valence-electron chi connectivity index (χ2n) is 3.58. The molecule has 72 valence electrons. The second-order valence-corrected chi connectivity index (χ2v) is 4.73. The van der Waals surface area contributed by atoms with Gasteiger partial charge in [0.05, 0.1) is 12.2 Å². The summed E-state index contributed by atoms with van der Waals surface area (Å²) in [6, 6.07) is 0. The van der Waals surface area contributed by atoms with Gasteiger partial charge in [-0.3, -0.25) is 0 Å². The van der Waals surface area contributed by atoms with Crippen LogP contribution >= 0.6 is 11.8 Å². The predicted octanol–water partition coefficient (Wildman–Crippen LogP) is 1.49. The van der Waals surface area contributed by atoms with Crippen LogP contribution in [-0.4, -0.2) is 30.3 Å². The molecule has 1 heterocycles. The van der Waals surface area contributed by atoms with Gasteiger partial charge in [0.25, 0.3) is 0 Å². The molecule has 1 aliphatic rings. The Balaban J connectivity index is 2.32. The molecule has 0 aromatic carbocycles. The monoisotopic (exact) mass is 189 g/mol. The fourth-order valence-electron chi connectivity index (χ4n) is 1.55. The molecule has 2 N–H and O–H groups in total. The smallest absolute Gasteiger partial charge is 0.0737 e. The van der Waals surface area contributed by atoms with E-state index in [1.807, 2.05) is 11.8 Å². The molecule has 2 atom stereocenters. The molecule has 0 spiro atoms. The van der Waals surface area contributed by atoms with Gasteiger partial charge in [-0.1, -0.05) is 0 Å². The summed E-state index contributed by atoms with van der Waals surface area (Å²) in [5, 5.41) is 0. The first-order chi connectivity index (χ1) is 5.74. The first-order valence-electron chi connectivity index (χ1n) is 4.67. The summed E-state index contributed by atoms with van der Waals surface area (Å²) < 4.78 is 5.75. The SMILES string of the molecule is CC(C)OC(CN)C1CCSC1. The molecule has 0 aromatic rings. The van der Waals surface area contributed by atoms with Gasteiger partial charge in [-0.25, -0.2) is 0 Å². The molecule has 0 saturated carbocycles. The van der Waals surface area contributed by atoms with Crippen molar-refractivity contribution in [2.24, 2.45) is 11.7 Å². The van der Waals surface area contributed by atoms with Crippen molar-refractivity contribution in [1.82, 2.24) is 0 Å². The van der Waals surface area contributed by atoms with E-state index in [2.05, 4.69) is 13.8 Å². The van der Waals surface area contributed by atoms with Gasteiger partial charge in [-0.2, -0.15) is 11.8 Å². The van der Waals surface area contributed by atoms with Crippen molar-refractivity contribution in [3.63, 3.8) is 0 Å². The lowest BCUT2D eigenvalue weighted by Gasteiger charge is -2.23. The van der Waals surface area contributed by atoms with Gasteiger partial charge in [0.2, 0.25) is 0 Å². The van der Waals surface area contributed by atoms with Crippen LogP contribution in [0.5, 0.6) is 0 Å². The Labute approximate surface area is 79.2 Å². The van der Waals surface area contributed by atoms with E-state index in [1.165, 1.54) is 17.9 Å². The van der Waals surface area contributed by atoms with E-state index in [9.17, 15) is 0 Å². The van der Waals surface area contributed by atoms with E-state index in [-0.39, 0.29) is 0 Å². The van der Waals surface area contributed by atoms with Gasteiger partial charge in [-0.05, 0) is 37.7 Å². The van der Waals surface area contributed by atoms with E-state index in [0.29, 0.717) is 24.7 Å². The fraction of sp³-hybridized carbons (Fsp3) is 1.00. The number of hydrogen-bond acceptors (Lipinski definition) is 3. The molecular formula is C9H19NOS. The van der Waals surface area contributed by atoms with Gasteiger partial charge < -0.3 is 10.5 Å². The zero-order valence-corrected chi connectivity index (χ0v) is 8.77. The summed E-state index contributed by atoms with van der Waals surface area (Å²) in [4.78, 5) is 0. The summed E-state index contributed by atoms with van der Waals surface area (Å²) in [5.41, 5.74) is 5.67. The highest BCUT2D eigenvalue weighted by Gasteiger charge is 2.25. The summed E-state index contributed by atoms with van der Waals surface area (Å²) in [5.74, 6) is 3.21. The van der Waals surface area contributed by atoms with Gasteiger partial charge in [-0.15, -0.1) is 0 Å². The van der Waals surface area contributed by atoms with Crippen molar-refractivity contribution in [3.8, 4) is 0 Å². The first-order valence-corrected chi connectivity index (χ1v) is 5.82. The van der Waals surface area contributed by atoms with Gasteiger partial charge in [0.1, 0.15) is 0 Å². The van der Waals surface area contributed by atoms with Crippen molar-refractivity contribution < 1.29 is 4.74 Å². The van der Waals surface area contributed by atoms with Crippen molar-refractivity contribution in [3.05, 3.63) is 0 Å². The molecule has 0 aliphatic carbocycles. The van der Waals surface area contributed by atoms with E-state index >= 15 is 0 Å². The highest BCUT2D eigenvalue weighted by molar-refractivity contribution is 7.99. The van der Waals surface area contributed by atoms with Crippen molar-refractivity contribution in [2.45, 2.75) is 32.5 Å². The zero-order chi connectivity index (χ0) is 8.97. The number of ether oxygens (including phenoxy) is 1. The van der Waals surface area contributed by atoms with Crippen molar-refractivity contribution >= 4 is 11.8 Å². The molecule has 0 radical (unpaired) electrons. The minimum Gasteiger partial charge on any atom is -0.374 e. The van der Waals surface area contributed by atoms with Crippen LogP contribution in [0.2, 0.25) is 0 Å². The topological polar surface area (TPSA) is 35.2 Å². The Morgan fingerprint density at radius 1 is 1.58 bits per heavy atom. The molecule has 0 aromatic heterocycles. The van der Waals surface area contributed by atoms with Crippen LogP contribution < -0.4 is 5.73 Å². The van der Waals surface area contributed by atoms with E-state index in [4.69, 9.17) is 10.5 Å². The van der Waals surface area contributed by atoms with Gasteiger partial charge >= 0.3 is 0 Å². The average Bonchev–Trinajstić information content (AvgIpc) is 2.51. The van der Waals surface area contributed by atoms with Crippen LogP contribution in [0.4, 0.5) is 0 Å². The molecule has 1 aliphatic heterocycles. The Morgan fingerprint density at radius 2 is 2.33 bits per heavy atom. The maximum absolute atomic E-state index is 5.75. The fourth-order valence-corrected chi connectivity index (χ4v) is 2.87. The standard InChI is InChI=1S/C9H19NOS/c1-7(2)11-9(5-10)8-3-4-12-6-8/h7-9H,3-6,10H2,1-2H3. The van der Waals surface area contributed by atoms with Crippen LogP contribution in [0.3, 0.4) is 0 Å². The highest BCUT2D eigenvalue weighted by atomic mass is 32.2. The molecule has 2 unspecified atom stereocenters. The third-order valence-electron chi connectivity index (χ3n) is 2.17. The molecule has 0 amide bonds. The lowest BCUT2D eigenvalue weighted by molar-refractivity contribution is -0.0146. The second kappa shape index (κ2) is 5.10. The number of thioether (sulfide) groups is 1. The van der Waals surface area contributed by atoms with Crippen molar-refractivity contribution in [2.75, 3.05) is 18.1 Å². The molecule has 2 nitrogen and oxygen atoms in total. The Hall–Kier alpha value is 0.270. The van der Waals surface area contributed by atoms with Crippen LogP contribution in [0, 0.1) is 5.92 Å². The molecule has 1 fully saturated rings. The van der Waals surface area contributed by atoms with E-state index < -0.39 is 0 Å². The zero-order valence-electron chi connectivity index (χ0n) is 7.95. The van der Waals surface area contributed by atoms with Gasteiger partial charge in [0.15, 0.2) is 0 Å².